The first-order valence-corrected chi connectivity index (χ1v) is 15.6. The van der Waals surface area contributed by atoms with Crippen molar-refractivity contribution in [3.8, 4) is 11.1 Å². The van der Waals surface area contributed by atoms with E-state index in [9.17, 15) is 0 Å². The number of nitrogens with zero attached hydrogens (tertiary/aromatic N) is 1. The van der Waals surface area contributed by atoms with Gasteiger partial charge < -0.3 is 4.90 Å². The van der Waals surface area contributed by atoms with Gasteiger partial charge in [-0.25, -0.2) is 0 Å². The molecule has 0 spiro atoms. The third-order valence-electron chi connectivity index (χ3n) is 8.98. The van der Waals surface area contributed by atoms with E-state index in [0.29, 0.717) is 0 Å². The van der Waals surface area contributed by atoms with Crippen LogP contribution < -0.4 is 4.90 Å². The van der Waals surface area contributed by atoms with E-state index in [1.165, 1.54) is 57.6 Å². The average Bonchev–Trinajstić information content (AvgIpc) is 3.62. The fourth-order valence-corrected chi connectivity index (χ4v) is 7.78. The van der Waals surface area contributed by atoms with E-state index in [0.717, 1.165) is 32.2 Å². The molecule has 0 amide bonds. The van der Waals surface area contributed by atoms with Crippen LogP contribution in [0.4, 0.5) is 17.1 Å². The van der Waals surface area contributed by atoms with Crippen LogP contribution in [0, 0.1) is 0 Å². The molecule has 6 aromatic rings. The summed E-state index contributed by atoms with van der Waals surface area (Å²) in [7, 11) is 0. The highest BCUT2D eigenvalue weighted by Crippen LogP contribution is 2.55. The number of fused-ring (bicyclic) bond motifs is 7. The summed E-state index contributed by atoms with van der Waals surface area (Å²) in [5, 5.41) is 5.09. The monoisotopic (exact) mass is 643 g/mol. The molecule has 0 heterocycles. The van der Waals surface area contributed by atoms with E-state index >= 15 is 0 Å². The molecule has 0 saturated heterocycles. The lowest BCUT2D eigenvalue weighted by Crippen LogP contribution is -2.11. The summed E-state index contributed by atoms with van der Waals surface area (Å²) in [6.07, 6.45) is 4.05. The number of hydrogen-bond donors (Lipinski definition) is 0. The Morgan fingerprint density at radius 3 is 1.57 bits per heavy atom. The van der Waals surface area contributed by atoms with E-state index in [1.54, 1.807) is 11.1 Å². The predicted molar refractivity (Wildman–Crippen MR) is 176 cm³/mol. The van der Waals surface area contributed by atoms with Crippen molar-refractivity contribution >= 4 is 70.5 Å². The lowest BCUT2D eigenvalue weighted by atomic mass is 9.85. The molecule has 2 aliphatic rings. The number of benzene rings is 6. The zero-order chi connectivity index (χ0) is 26.8. The molecule has 2 atom stereocenters. The van der Waals surface area contributed by atoms with Crippen LogP contribution in [0.1, 0.15) is 42.2 Å². The quantitative estimate of drug-likeness (QED) is 0.173. The first-order valence-electron chi connectivity index (χ1n) is 14.0. The molecule has 0 aromatic heterocycles. The van der Waals surface area contributed by atoms with Crippen molar-refractivity contribution in [1.82, 2.24) is 0 Å². The van der Waals surface area contributed by atoms with Gasteiger partial charge in [-0.15, -0.1) is 0 Å². The maximum atomic E-state index is 3.64. The Kier molecular flexibility index (Phi) is 5.86. The van der Waals surface area contributed by atoms with Crippen molar-refractivity contribution in [3.63, 3.8) is 0 Å². The Morgan fingerprint density at radius 2 is 1.02 bits per heavy atom. The Bertz CT molecular complexity index is 1800. The summed E-state index contributed by atoms with van der Waals surface area (Å²) < 4.78 is 2.14. The molecule has 0 radical (unpaired) electrons. The zero-order valence-corrected chi connectivity index (χ0v) is 25.1. The molecule has 0 N–H and O–H groups in total. The largest absolute Gasteiger partial charge is 0.309 e. The van der Waals surface area contributed by atoms with Gasteiger partial charge in [-0.3, -0.25) is 0 Å². The third-order valence-corrected chi connectivity index (χ3v) is 10.0. The fourth-order valence-electron chi connectivity index (χ4n) is 7.25. The first-order chi connectivity index (χ1) is 19.7. The number of halogens is 2. The fraction of sp³-hybridized carbons (Fsp3) is 0.135. The highest BCUT2D eigenvalue weighted by Gasteiger charge is 2.37. The molecule has 3 heteroatoms. The SMILES string of the molecule is Brc1ccc(N(c2ccc(Br)cc2)c2c3ccccc3c(-c3ccc4c(c3)C3CCC4C3)c3ccccc23)cc1. The van der Waals surface area contributed by atoms with Crippen LogP contribution in [-0.4, -0.2) is 0 Å². The minimum absolute atomic E-state index is 0.738. The maximum Gasteiger partial charge on any atom is 0.0618 e. The van der Waals surface area contributed by atoms with Gasteiger partial charge in [-0.1, -0.05) is 98.6 Å². The molecule has 2 bridgehead atoms. The van der Waals surface area contributed by atoms with Crippen molar-refractivity contribution in [2.45, 2.75) is 31.1 Å². The Morgan fingerprint density at radius 1 is 0.525 bits per heavy atom. The van der Waals surface area contributed by atoms with Crippen LogP contribution >= 0.6 is 31.9 Å². The molecular weight excluding hydrogens is 618 g/mol. The van der Waals surface area contributed by atoms with Crippen LogP contribution in [0.2, 0.25) is 0 Å². The molecule has 6 aromatic carbocycles. The molecule has 1 saturated carbocycles. The standard InChI is InChI=1S/C37H27Br2N/c38-26-12-16-28(17-13-26)40(29-18-14-27(39)15-19-29)37-33-7-3-1-5-31(33)36(32-6-2-4-8-34(32)37)25-11-20-30-23-9-10-24(21-23)35(30)22-25/h1-8,11-20,22-24H,9-10,21H2. The van der Waals surface area contributed by atoms with Gasteiger partial charge in [0.05, 0.1) is 5.69 Å². The average molecular weight is 645 g/mol. The topological polar surface area (TPSA) is 3.24 Å². The predicted octanol–water partition coefficient (Wildman–Crippen LogP) is 12.0. The van der Waals surface area contributed by atoms with Gasteiger partial charge in [0.25, 0.3) is 0 Å². The summed E-state index contributed by atoms with van der Waals surface area (Å²) in [5.74, 6) is 1.51. The number of rotatable bonds is 4. The minimum Gasteiger partial charge on any atom is -0.309 e. The van der Waals surface area contributed by atoms with Crippen molar-refractivity contribution in [1.29, 1.82) is 0 Å². The summed E-state index contributed by atoms with van der Waals surface area (Å²) in [4.78, 5) is 2.41. The maximum absolute atomic E-state index is 3.64. The zero-order valence-electron chi connectivity index (χ0n) is 21.9. The third kappa shape index (κ3) is 3.86. The molecule has 2 unspecified atom stereocenters. The summed E-state index contributed by atoms with van der Waals surface area (Å²) in [5.41, 5.74) is 9.33. The molecule has 1 fully saturated rings. The lowest BCUT2D eigenvalue weighted by Gasteiger charge is -2.29. The van der Waals surface area contributed by atoms with E-state index < -0.39 is 0 Å². The van der Waals surface area contributed by atoms with Crippen molar-refractivity contribution in [2.75, 3.05) is 4.90 Å². The minimum atomic E-state index is 0.738. The summed E-state index contributed by atoms with van der Waals surface area (Å²) in [6.45, 7) is 0. The second-order valence-electron chi connectivity index (χ2n) is 11.2. The van der Waals surface area contributed by atoms with Crippen molar-refractivity contribution in [3.05, 3.63) is 135 Å². The molecule has 2 aliphatic carbocycles. The summed E-state index contributed by atoms with van der Waals surface area (Å²) >= 11 is 7.28. The Balaban J connectivity index is 1.45. The number of hydrogen-bond acceptors (Lipinski definition) is 1. The van der Waals surface area contributed by atoms with E-state index in [2.05, 4.69) is 152 Å². The van der Waals surface area contributed by atoms with Gasteiger partial charge in [-0.2, -0.15) is 0 Å². The van der Waals surface area contributed by atoms with Crippen molar-refractivity contribution < 1.29 is 0 Å². The van der Waals surface area contributed by atoms with Gasteiger partial charge >= 0.3 is 0 Å². The molecule has 8 rings (SSSR count). The molecule has 1 nitrogen and oxygen atoms in total. The smallest absolute Gasteiger partial charge is 0.0618 e. The second kappa shape index (κ2) is 9.61. The van der Waals surface area contributed by atoms with Crippen LogP contribution in [-0.2, 0) is 0 Å². The van der Waals surface area contributed by atoms with Crippen LogP contribution in [0.15, 0.2) is 124 Å². The molecular formula is C37H27Br2N. The van der Waals surface area contributed by atoms with E-state index in [1.807, 2.05) is 0 Å². The van der Waals surface area contributed by atoms with E-state index in [4.69, 9.17) is 0 Å². The lowest BCUT2D eigenvalue weighted by molar-refractivity contribution is 0.718. The molecule has 0 aliphatic heterocycles. The van der Waals surface area contributed by atoms with Crippen LogP contribution in [0.5, 0.6) is 0 Å². The van der Waals surface area contributed by atoms with Gasteiger partial charge in [0.2, 0.25) is 0 Å². The normalized spacial score (nSPS) is 17.4. The molecule has 194 valence electrons. The number of anilines is 3. The van der Waals surface area contributed by atoms with Gasteiger partial charge in [-0.05, 0) is 113 Å². The van der Waals surface area contributed by atoms with Crippen LogP contribution in [0.3, 0.4) is 0 Å². The van der Waals surface area contributed by atoms with E-state index in [-0.39, 0.29) is 0 Å². The Hall–Kier alpha value is -3.40. The first kappa shape index (κ1) is 24.4. The highest BCUT2D eigenvalue weighted by molar-refractivity contribution is 9.10. The highest BCUT2D eigenvalue weighted by atomic mass is 79.9. The molecule has 40 heavy (non-hydrogen) atoms. The van der Waals surface area contributed by atoms with Gasteiger partial charge in [0.1, 0.15) is 0 Å². The van der Waals surface area contributed by atoms with Gasteiger partial charge in [0, 0.05) is 31.1 Å². The van der Waals surface area contributed by atoms with Crippen molar-refractivity contribution in [2.24, 2.45) is 0 Å². The Labute approximate surface area is 251 Å². The second-order valence-corrected chi connectivity index (χ2v) is 13.0. The van der Waals surface area contributed by atoms with Crippen LogP contribution in [0.25, 0.3) is 32.7 Å². The van der Waals surface area contributed by atoms with Gasteiger partial charge in [0.15, 0.2) is 0 Å². The summed E-state index contributed by atoms with van der Waals surface area (Å²) in [6, 6.07) is 42.5.